The van der Waals surface area contributed by atoms with Gasteiger partial charge in [0.1, 0.15) is 13.2 Å². The molecule has 79 heavy (non-hydrogen) atoms. The molecule has 7 aromatic rings. The molecule has 5 N–H and O–H groups in total. The molecule has 0 saturated heterocycles. The predicted octanol–water partition coefficient (Wildman–Crippen LogP) is 9.76. The minimum Gasteiger partial charge on any atom is -0.494 e. The minimum absolute atomic E-state index is 0.110. The van der Waals surface area contributed by atoms with Gasteiger partial charge >= 0.3 is 5.97 Å². The Labute approximate surface area is 461 Å². The topological polar surface area (TPSA) is 205 Å². The van der Waals surface area contributed by atoms with Gasteiger partial charge in [0.2, 0.25) is 17.6 Å². The van der Waals surface area contributed by atoms with E-state index in [4.69, 9.17) is 28.8 Å². The number of aliphatic imine (C=N–C) groups is 1. The van der Waals surface area contributed by atoms with Crippen molar-refractivity contribution in [2.75, 3.05) is 54.4 Å². The Bertz CT molecular complexity index is 3480. The van der Waals surface area contributed by atoms with Gasteiger partial charge in [0.25, 0.3) is 5.91 Å². The quantitative estimate of drug-likeness (QED) is 0.0478. The van der Waals surface area contributed by atoms with E-state index in [9.17, 15) is 30.0 Å². The lowest BCUT2D eigenvalue weighted by Gasteiger charge is -2.26. The fraction of sp³-hybridized carbons (Fsp3) is 0.317. The number of aromatic nitrogens is 2. The van der Waals surface area contributed by atoms with Crippen LogP contribution in [0.2, 0.25) is 0 Å². The van der Waals surface area contributed by atoms with E-state index in [0.717, 1.165) is 71.7 Å². The lowest BCUT2D eigenvalue weighted by atomic mass is 10.1. The van der Waals surface area contributed by atoms with Gasteiger partial charge in [0, 0.05) is 104 Å². The maximum absolute atomic E-state index is 14.2. The average molecular weight is 1090 g/mol. The van der Waals surface area contributed by atoms with E-state index < -0.39 is 22.5 Å². The van der Waals surface area contributed by atoms with Crippen molar-refractivity contribution in [3.05, 3.63) is 143 Å². The van der Waals surface area contributed by atoms with Crippen LogP contribution in [-0.4, -0.2) is 99.0 Å². The molecule has 18 nitrogen and oxygen atoms in total. The standard InChI is InChI=1S/C60H63N7O11S/c1-60(2,79-53-30-56(70)64(59(53)73)20-17-57(71)78-67-54(68)15-16-55(67)69)18-10-19-63(3)41-22-36(34-76-51-28-45-40(26-49(51)74-4)33-65-42(31-61-45)24-38-11-6-8-13-47(38)65)21-37(23-41)35-77-52-29-46-44(27-50(52)75-5)58(72)66-43(32-62-46)25-39-12-7-9-14-48(39)66/h6-9,11-16,21-23,26-30,32,42-43,61,68-70,73H,10,17-20,24-25,31,33-35H2,1-5H3. The number of thioether (sulfide) groups is 1. The first-order chi connectivity index (χ1) is 38.1. The summed E-state index contributed by atoms with van der Waals surface area (Å²) in [7, 11) is 5.26. The molecule has 2 unspecified atom stereocenters. The highest BCUT2D eigenvalue weighted by molar-refractivity contribution is 8.00. The number of nitrogens with one attached hydrogen (secondary N) is 1. The Morgan fingerprint density at radius 1 is 0.785 bits per heavy atom. The number of aromatic hydroxyl groups is 4. The van der Waals surface area contributed by atoms with Gasteiger partial charge in [-0.2, -0.15) is 0 Å². The normalized spacial score (nSPS) is 15.9. The van der Waals surface area contributed by atoms with Gasteiger partial charge in [-0.3, -0.25) is 19.3 Å². The first-order valence-corrected chi connectivity index (χ1v) is 27.1. The second-order valence-corrected chi connectivity index (χ2v) is 22.6. The monoisotopic (exact) mass is 1090 g/mol. The fourth-order valence-electron chi connectivity index (χ4n) is 11.0. The number of anilines is 4. The van der Waals surface area contributed by atoms with E-state index in [2.05, 4.69) is 77.5 Å². The molecule has 0 fully saturated rings. The molecule has 2 aromatic heterocycles. The maximum Gasteiger partial charge on any atom is 0.335 e. The molecule has 0 spiro atoms. The molecule has 0 radical (unpaired) electrons. The number of nitrogens with zero attached hydrogens (tertiary/aromatic N) is 6. The van der Waals surface area contributed by atoms with Crippen molar-refractivity contribution in [1.82, 2.24) is 9.30 Å². The minimum atomic E-state index is -0.799. The molecule has 2 atom stereocenters. The van der Waals surface area contributed by atoms with Crippen LogP contribution in [0.15, 0.2) is 119 Å². The molecule has 6 heterocycles. The number of hydrogen-bond acceptors (Lipinski definition) is 16. The summed E-state index contributed by atoms with van der Waals surface area (Å²) in [6.07, 6.45) is 4.74. The van der Waals surface area contributed by atoms with Crippen molar-refractivity contribution in [3.8, 4) is 46.5 Å². The van der Waals surface area contributed by atoms with Crippen LogP contribution in [-0.2, 0) is 43.9 Å². The first kappa shape index (κ1) is 52.5. The van der Waals surface area contributed by atoms with Crippen molar-refractivity contribution in [2.24, 2.45) is 4.99 Å². The van der Waals surface area contributed by atoms with Crippen molar-refractivity contribution < 1.29 is 53.8 Å². The van der Waals surface area contributed by atoms with E-state index >= 15 is 0 Å². The van der Waals surface area contributed by atoms with Gasteiger partial charge in [-0.15, -0.1) is 16.5 Å². The summed E-state index contributed by atoms with van der Waals surface area (Å²) in [4.78, 5) is 43.4. The number of carbonyl (C=O) groups excluding carboxylic acids is 2. The number of amides is 1. The predicted molar refractivity (Wildman–Crippen MR) is 303 cm³/mol. The molecule has 5 aromatic carbocycles. The van der Waals surface area contributed by atoms with Crippen molar-refractivity contribution >= 4 is 58.3 Å². The van der Waals surface area contributed by atoms with Gasteiger partial charge in [-0.1, -0.05) is 50.2 Å². The third-order valence-corrected chi connectivity index (χ3v) is 16.3. The highest BCUT2D eigenvalue weighted by atomic mass is 32.2. The van der Waals surface area contributed by atoms with Crippen LogP contribution >= 0.6 is 11.8 Å². The van der Waals surface area contributed by atoms with Gasteiger partial charge in [0.15, 0.2) is 28.9 Å². The van der Waals surface area contributed by atoms with Gasteiger partial charge in [-0.25, -0.2) is 4.79 Å². The Morgan fingerprint density at radius 2 is 1.46 bits per heavy atom. The van der Waals surface area contributed by atoms with E-state index in [1.54, 1.807) is 26.4 Å². The number of rotatable bonds is 19. The number of fused-ring (bicyclic) bond motifs is 8. The largest absolute Gasteiger partial charge is 0.494 e. The van der Waals surface area contributed by atoms with Crippen LogP contribution in [0.1, 0.15) is 71.3 Å². The summed E-state index contributed by atoms with van der Waals surface area (Å²) in [6.45, 7) is 6.63. The van der Waals surface area contributed by atoms with E-state index in [1.807, 2.05) is 48.5 Å². The first-order valence-electron chi connectivity index (χ1n) is 26.3. The second kappa shape index (κ2) is 21.7. The third kappa shape index (κ3) is 10.7. The highest BCUT2D eigenvalue weighted by Crippen LogP contribution is 2.46. The summed E-state index contributed by atoms with van der Waals surface area (Å²) in [5, 5.41) is 45.3. The molecule has 4 aliphatic heterocycles. The number of carbonyl (C=O) groups is 2. The SMILES string of the molecule is COc1cc2c(cc1OCc1cc(COc3cc4c(cc3OC)CN3c5ccccc5CC3CN4)cc(N(C)CCCC(C)(C)Sc3cc(O)n(CCC(=O)On4c(O)ccc4O)c3O)c1)N=CC1Cc3ccccc3N1C2=O. The molecule has 11 rings (SSSR count). The molecule has 0 saturated carbocycles. The number of methoxy groups -OCH3 is 2. The van der Waals surface area contributed by atoms with Crippen molar-refractivity contribution in [1.29, 1.82) is 0 Å². The molecule has 4 aliphatic rings. The maximum atomic E-state index is 14.2. The Balaban J connectivity index is 0.798. The number of hydrogen-bond donors (Lipinski definition) is 5. The van der Waals surface area contributed by atoms with E-state index in [-0.39, 0.29) is 49.9 Å². The van der Waals surface area contributed by atoms with Crippen molar-refractivity contribution in [2.45, 2.75) is 94.0 Å². The summed E-state index contributed by atoms with van der Waals surface area (Å²) < 4.78 is 26.5. The molecule has 410 valence electrons. The fourth-order valence-corrected chi connectivity index (χ4v) is 12.2. The zero-order chi connectivity index (χ0) is 55.1. The summed E-state index contributed by atoms with van der Waals surface area (Å²) in [5.74, 6) is -0.148. The van der Waals surface area contributed by atoms with E-state index in [0.29, 0.717) is 62.9 Å². The van der Waals surface area contributed by atoms with E-state index in [1.165, 1.54) is 45.8 Å². The zero-order valence-electron chi connectivity index (χ0n) is 44.6. The highest BCUT2D eigenvalue weighted by Gasteiger charge is 2.37. The summed E-state index contributed by atoms with van der Waals surface area (Å²) in [5.41, 5.74) is 10.4. The molecular formula is C60H63N7O11S. The molecule has 0 aliphatic carbocycles. The van der Waals surface area contributed by atoms with Crippen molar-refractivity contribution in [3.63, 3.8) is 0 Å². The molecule has 19 heteroatoms. The summed E-state index contributed by atoms with van der Waals surface area (Å²) in [6, 6.07) is 34.4. The second-order valence-electron chi connectivity index (χ2n) is 20.9. The Kier molecular flexibility index (Phi) is 14.4. The third-order valence-electron chi connectivity index (χ3n) is 15.1. The summed E-state index contributed by atoms with van der Waals surface area (Å²) >= 11 is 1.41. The smallest absolute Gasteiger partial charge is 0.335 e. The number of benzene rings is 5. The number of ether oxygens (including phenoxy) is 4. The van der Waals surface area contributed by atoms with Crippen LogP contribution < -0.4 is 43.8 Å². The van der Waals surface area contributed by atoms with Crippen LogP contribution in [0.4, 0.5) is 28.4 Å². The van der Waals surface area contributed by atoms with Crippen LogP contribution in [0.3, 0.4) is 0 Å². The zero-order valence-corrected chi connectivity index (χ0v) is 45.5. The number of para-hydroxylation sites is 2. The van der Waals surface area contributed by atoms with Gasteiger partial charge in [0.05, 0.1) is 48.9 Å². The molecule has 1 amide bonds. The van der Waals surface area contributed by atoms with Crippen LogP contribution in [0.5, 0.6) is 46.5 Å². The lowest BCUT2D eigenvalue weighted by Crippen LogP contribution is -2.37. The average Bonchev–Trinajstić information content (AvgIpc) is 4.32. The van der Waals surface area contributed by atoms with Gasteiger partial charge in [-0.05, 0) is 89.5 Å². The molecular weight excluding hydrogens is 1030 g/mol. The Morgan fingerprint density at radius 3 is 2.18 bits per heavy atom. The van der Waals surface area contributed by atoms with Crippen LogP contribution in [0.25, 0.3) is 0 Å². The lowest BCUT2D eigenvalue weighted by molar-refractivity contribution is -0.145. The van der Waals surface area contributed by atoms with Gasteiger partial charge < -0.3 is 59.3 Å². The molecule has 0 bridgehead atoms. The Hall–Kier alpha value is -8.58. The van der Waals surface area contributed by atoms with Crippen LogP contribution in [0, 0.1) is 0 Å².